The minimum absolute atomic E-state index is 0.0334. The Labute approximate surface area is 190 Å². The summed E-state index contributed by atoms with van der Waals surface area (Å²) in [6.45, 7) is 11.3. The Morgan fingerprint density at radius 2 is 1.69 bits per heavy atom. The molecule has 2 rings (SSSR count). The molecule has 0 radical (unpaired) electrons. The molecule has 7 heteroatoms. The number of ether oxygens (including phenoxy) is 4. The molecule has 1 aromatic rings. The van der Waals surface area contributed by atoms with E-state index in [1.54, 1.807) is 38.1 Å². The lowest BCUT2D eigenvalue weighted by atomic mass is 9.98. The molecule has 1 heterocycles. The van der Waals surface area contributed by atoms with Gasteiger partial charge in [0, 0.05) is 11.1 Å². The van der Waals surface area contributed by atoms with Crippen LogP contribution < -0.4 is 4.74 Å². The topological polar surface area (TPSA) is 91.4 Å². The number of carbonyl (C=O) groups is 3. The molecular formula is C25H34O7. The van der Waals surface area contributed by atoms with E-state index < -0.39 is 11.6 Å². The van der Waals surface area contributed by atoms with Gasteiger partial charge in [-0.15, -0.1) is 0 Å². The number of epoxide rings is 1. The van der Waals surface area contributed by atoms with Crippen molar-refractivity contribution in [3.63, 3.8) is 0 Å². The molecule has 1 fully saturated rings. The number of allylic oxidation sites excluding steroid dienone is 1. The number of esters is 3. The van der Waals surface area contributed by atoms with Crippen LogP contribution in [-0.4, -0.2) is 31.1 Å². The summed E-state index contributed by atoms with van der Waals surface area (Å²) >= 11 is 0. The summed E-state index contributed by atoms with van der Waals surface area (Å²) in [5.74, 6) is -1.16. The molecule has 7 nitrogen and oxygen atoms in total. The first kappa shape index (κ1) is 25.6. The van der Waals surface area contributed by atoms with Crippen molar-refractivity contribution in [2.24, 2.45) is 11.8 Å². The lowest BCUT2D eigenvalue weighted by molar-refractivity contribution is -0.150. The van der Waals surface area contributed by atoms with E-state index in [0.29, 0.717) is 41.9 Å². The molecule has 0 N–H and O–H groups in total. The molecule has 0 aliphatic carbocycles. The van der Waals surface area contributed by atoms with Crippen LogP contribution in [0.4, 0.5) is 0 Å². The monoisotopic (exact) mass is 446 g/mol. The van der Waals surface area contributed by atoms with Crippen LogP contribution in [0.2, 0.25) is 0 Å². The molecule has 1 saturated heterocycles. The van der Waals surface area contributed by atoms with E-state index in [1.165, 1.54) is 0 Å². The van der Waals surface area contributed by atoms with Gasteiger partial charge >= 0.3 is 17.9 Å². The Balaban J connectivity index is 2.26. The molecule has 1 aliphatic rings. The third kappa shape index (κ3) is 6.42. The van der Waals surface area contributed by atoms with E-state index in [-0.39, 0.29) is 37.0 Å². The van der Waals surface area contributed by atoms with Crippen LogP contribution in [-0.2, 0) is 40.8 Å². The number of rotatable bonds is 11. The fraction of sp³-hybridized carbons (Fsp3) is 0.560. The van der Waals surface area contributed by atoms with Crippen molar-refractivity contribution in [2.45, 2.75) is 66.6 Å². The third-order valence-electron chi connectivity index (χ3n) is 5.85. The summed E-state index contributed by atoms with van der Waals surface area (Å²) in [5, 5.41) is 0. The normalized spacial score (nSPS) is 19.6. The SMILES string of the molecule is CC=C(C)C(=O)Oc1cc(COC(=O)[C@H](C)CC)ccc1[C@]1(COC(=O)[C@H](C)CC)CO1. The Bertz CT molecular complexity index is 867. The third-order valence-corrected chi connectivity index (χ3v) is 5.85. The van der Waals surface area contributed by atoms with Crippen LogP contribution in [0.15, 0.2) is 29.8 Å². The Morgan fingerprint density at radius 3 is 2.22 bits per heavy atom. The molecule has 1 aromatic carbocycles. The first-order valence-corrected chi connectivity index (χ1v) is 11.1. The van der Waals surface area contributed by atoms with Crippen LogP contribution in [0.5, 0.6) is 5.75 Å². The second-order valence-corrected chi connectivity index (χ2v) is 8.31. The highest BCUT2D eigenvalue weighted by atomic mass is 16.6. The second-order valence-electron chi connectivity index (χ2n) is 8.31. The molecule has 0 aromatic heterocycles. The number of hydrogen-bond acceptors (Lipinski definition) is 7. The van der Waals surface area contributed by atoms with Crippen LogP contribution in [0.1, 0.15) is 65.5 Å². The minimum Gasteiger partial charge on any atom is -0.462 e. The van der Waals surface area contributed by atoms with Gasteiger partial charge in [-0.05, 0) is 38.3 Å². The van der Waals surface area contributed by atoms with Crippen molar-refractivity contribution in [3.8, 4) is 5.75 Å². The standard InChI is InChI=1S/C25H34O7/c1-7-16(4)22(26)29-13-19-10-11-20(21(12-19)32-24(28)18(6)9-3)25(15-31-25)14-30-23(27)17(5)8-2/h9-12,16-17H,7-8,13-15H2,1-6H3/t16-,17-,25+/m1/s1. The predicted molar refractivity (Wildman–Crippen MR) is 119 cm³/mol. The zero-order valence-corrected chi connectivity index (χ0v) is 19.9. The highest BCUT2D eigenvalue weighted by Gasteiger charge is 2.50. The summed E-state index contributed by atoms with van der Waals surface area (Å²) in [6, 6.07) is 5.23. The highest BCUT2D eigenvalue weighted by molar-refractivity contribution is 5.89. The van der Waals surface area contributed by atoms with Gasteiger partial charge < -0.3 is 18.9 Å². The average molecular weight is 447 g/mol. The molecule has 0 saturated carbocycles. The number of hydrogen-bond donors (Lipinski definition) is 0. The minimum atomic E-state index is -0.853. The first-order chi connectivity index (χ1) is 15.2. The van der Waals surface area contributed by atoms with E-state index in [9.17, 15) is 14.4 Å². The van der Waals surface area contributed by atoms with Gasteiger partial charge in [-0.3, -0.25) is 9.59 Å². The molecule has 1 aliphatic heterocycles. The summed E-state index contributed by atoms with van der Waals surface area (Å²) in [6.07, 6.45) is 3.04. The average Bonchev–Trinajstić information content (AvgIpc) is 3.59. The summed E-state index contributed by atoms with van der Waals surface area (Å²) in [4.78, 5) is 36.6. The van der Waals surface area contributed by atoms with Crippen molar-refractivity contribution in [1.29, 1.82) is 0 Å². The van der Waals surface area contributed by atoms with Crippen LogP contribution in [0.25, 0.3) is 0 Å². The lowest BCUT2D eigenvalue weighted by Crippen LogP contribution is -2.24. The molecule has 0 amide bonds. The van der Waals surface area contributed by atoms with Gasteiger partial charge in [-0.1, -0.05) is 45.9 Å². The maximum Gasteiger partial charge on any atom is 0.338 e. The molecule has 3 atom stereocenters. The van der Waals surface area contributed by atoms with Crippen LogP contribution >= 0.6 is 0 Å². The van der Waals surface area contributed by atoms with Gasteiger partial charge in [0.15, 0.2) is 5.60 Å². The van der Waals surface area contributed by atoms with Gasteiger partial charge in [0.1, 0.15) is 19.0 Å². The van der Waals surface area contributed by atoms with Crippen molar-refractivity contribution >= 4 is 17.9 Å². The molecule has 176 valence electrons. The molecular weight excluding hydrogens is 412 g/mol. The fourth-order valence-corrected chi connectivity index (χ4v) is 2.78. The Kier molecular flexibility index (Phi) is 9.01. The number of carbonyl (C=O) groups excluding carboxylic acids is 3. The van der Waals surface area contributed by atoms with Crippen molar-refractivity contribution in [1.82, 2.24) is 0 Å². The molecule has 0 spiro atoms. The highest BCUT2D eigenvalue weighted by Crippen LogP contribution is 2.44. The van der Waals surface area contributed by atoms with Crippen molar-refractivity contribution in [3.05, 3.63) is 41.0 Å². The lowest BCUT2D eigenvalue weighted by Gasteiger charge is -2.19. The van der Waals surface area contributed by atoms with Crippen molar-refractivity contribution < 1.29 is 33.3 Å². The van der Waals surface area contributed by atoms with Crippen LogP contribution in [0, 0.1) is 11.8 Å². The van der Waals surface area contributed by atoms with E-state index >= 15 is 0 Å². The zero-order chi connectivity index (χ0) is 23.9. The van der Waals surface area contributed by atoms with Gasteiger partial charge in [-0.25, -0.2) is 4.79 Å². The fourth-order valence-electron chi connectivity index (χ4n) is 2.78. The molecule has 32 heavy (non-hydrogen) atoms. The Hall–Kier alpha value is -2.67. The zero-order valence-electron chi connectivity index (χ0n) is 19.9. The Morgan fingerprint density at radius 1 is 1.09 bits per heavy atom. The summed E-state index contributed by atoms with van der Waals surface area (Å²) in [5.41, 5.74) is 0.898. The first-order valence-electron chi connectivity index (χ1n) is 11.1. The quantitative estimate of drug-likeness (QED) is 0.214. The van der Waals surface area contributed by atoms with E-state index in [0.717, 1.165) is 0 Å². The number of benzene rings is 1. The second kappa shape index (κ2) is 11.3. The maximum atomic E-state index is 12.4. The summed E-state index contributed by atoms with van der Waals surface area (Å²) < 4.78 is 22.2. The van der Waals surface area contributed by atoms with Gasteiger partial charge in [0.2, 0.25) is 0 Å². The van der Waals surface area contributed by atoms with Gasteiger partial charge in [0.05, 0.1) is 18.4 Å². The van der Waals surface area contributed by atoms with E-state index in [1.807, 2.05) is 27.7 Å². The molecule has 0 unspecified atom stereocenters. The molecule has 0 bridgehead atoms. The predicted octanol–water partition coefficient (Wildman–Crippen LogP) is 4.46. The summed E-state index contributed by atoms with van der Waals surface area (Å²) in [7, 11) is 0. The van der Waals surface area contributed by atoms with E-state index in [2.05, 4.69) is 0 Å². The maximum absolute atomic E-state index is 12.4. The van der Waals surface area contributed by atoms with Gasteiger partial charge in [0.25, 0.3) is 0 Å². The van der Waals surface area contributed by atoms with E-state index in [4.69, 9.17) is 18.9 Å². The van der Waals surface area contributed by atoms with Gasteiger partial charge in [-0.2, -0.15) is 0 Å². The van der Waals surface area contributed by atoms with Crippen molar-refractivity contribution in [2.75, 3.05) is 13.2 Å². The largest absolute Gasteiger partial charge is 0.462 e. The smallest absolute Gasteiger partial charge is 0.338 e. The van der Waals surface area contributed by atoms with Crippen LogP contribution in [0.3, 0.4) is 0 Å².